The molecule has 0 spiro atoms. The number of carbonyl (C=O) groups is 1. The van der Waals surface area contributed by atoms with Gasteiger partial charge in [0.25, 0.3) is 5.56 Å². The summed E-state index contributed by atoms with van der Waals surface area (Å²) in [6, 6.07) is 4.30. The lowest BCUT2D eigenvalue weighted by molar-refractivity contribution is -0.144. The normalized spacial score (nSPS) is 11.3. The molecule has 0 radical (unpaired) electrons. The lowest BCUT2D eigenvalue weighted by Crippen LogP contribution is -2.26. The monoisotopic (exact) mass is 287 g/mol. The average molecular weight is 287 g/mol. The summed E-state index contributed by atoms with van der Waals surface area (Å²) in [6.07, 6.45) is -3.30. The molecule has 2 aromatic heterocycles. The van der Waals surface area contributed by atoms with Crippen molar-refractivity contribution in [3.05, 3.63) is 40.6 Å². The van der Waals surface area contributed by atoms with Crippen LogP contribution < -0.4 is 10.9 Å². The maximum Gasteiger partial charge on any atom is 0.451 e. The number of carbonyl (C=O) groups excluding carboxylic acids is 1. The van der Waals surface area contributed by atoms with E-state index in [1.54, 1.807) is 11.2 Å². The van der Waals surface area contributed by atoms with Gasteiger partial charge >= 0.3 is 6.18 Å². The number of pyridine rings is 1. The molecule has 0 unspecified atom stereocenters. The van der Waals surface area contributed by atoms with E-state index >= 15 is 0 Å². The van der Waals surface area contributed by atoms with Crippen LogP contribution in [0, 0.1) is 0 Å². The van der Waals surface area contributed by atoms with Gasteiger partial charge in [-0.3, -0.25) is 20.0 Å². The third kappa shape index (κ3) is 3.22. The Kier molecular flexibility index (Phi) is 3.55. The van der Waals surface area contributed by atoms with Crippen LogP contribution in [0.2, 0.25) is 0 Å². The molecule has 2 rings (SSSR count). The van der Waals surface area contributed by atoms with Gasteiger partial charge in [-0.1, -0.05) is 6.07 Å². The maximum atomic E-state index is 12.2. The van der Waals surface area contributed by atoms with Crippen LogP contribution in [0.4, 0.5) is 19.1 Å². The number of H-pyrrole nitrogens is 1. The molecule has 106 valence electrons. The highest BCUT2D eigenvalue weighted by molar-refractivity contribution is 5.88. The average Bonchev–Trinajstić information content (AvgIpc) is 2.80. The minimum Gasteiger partial charge on any atom is -0.306 e. The van der Waals surface area contributed by atoms with Crippen molar-refractivity contribution in [3.8, 4) is 0 Å². The third-order valence-corrected chi connectivity index (χ3v) is 2.22. The number of nitrogens with one attached hydrogen (secondary N) is 2. The lowest BCUT2D eigenvalue weighted by atomic mass is 10.4. The van der Waals surface area contributed by atoms with E-state index in [1.165, 1.54) is 18.3 Å². The molecule has 7 nitrogen and oxygen atoms in total. The SMILES string of the molecule is O=C(Cn1ccccc1=O)Nc1n[nH]c(C(F)(F)F)n1. The Bertz CT molecular complexity index is 676. The molecular formula is C10H8F3N5O2. The van der Waals surface area contributed by atoms with E-state index < -0.39 is 29.4 Å². The zero-order chi connectivity index (χ0) is 14.8. The fraction of sp³-hybridized carbons (Fsp3) is 0.200. The predicted octanol–water partition coefficient (Wildman–Crippen LogP) is 0.624. The maximum absolute atomic E-state index is 12.2. The summed E-state index contributed by atoms with van der Waals surface area (Å²) >= 11 is 0. The van der Waals surface area contributed by atoms with E-state index in [0.29, 0.717) is 0 Å². The van der Waals surface area contributed by atoms with Crippen LogP contribution in [0.1, 0.15) is 5.82 Å². The van der Waals surface area contributed by atoms with Crippen LogP contribution in [-0.4, -0.2) is 25.7 Å². The van der Waals surface area contributed by atoms with Crippen molar-refractivity contribution < 1.29 is 18.0 Å². The lowest BCUT2D eigenvalue weighted by Gasteiger charge is -2.03. The number of amides is 1. The van der Waals surface area contributed by atoms with Gasteiger partial charge < -0.3 is 4.57 Å². The van der Waals surface area contributed by atoms with E-state index in [9.17, 15) is 22.8 Å². The molecule has 2 aromatic rings. The number of hydrogen-bond donors (Lipinski definition) is 2. The summed E-state index contributed by atoms with van der Waals surface area (Å²) in [6.45, 7) is -0.352. The van der Waals surface area contributed by atoms with Crippen molar-refractivity contribution in [3.63, 3.8) is 0 Å². The Morgan fingerprint density at radius 2 is 2.15 bits per heavy atom. The summed E-state index contributed by atoms with van der Waals surface area (Å²) in [7, 11) is 0. The Labute approximate surface area is 109 Å². The fourth-order valence-electron chi connectivity index (χ4n) is 1.35. The Morgan fingerprint density at radius 3 is 2.75 bits per heavy atom. The highest BCUT2D eigenvalue weighted by atomic mass is 19.4. The molecule has 0 saturated carbocycles. The second kappa shape index (κ2) is 5.15. The molecule has 0 saturated heterocycles. The largest absolute Gasteiger partial charge is 0.451 e. The molecule has 20 heavy (non-hydrogen) atoms. The first-order valence-corrected chi connectivity index (χ1v) is 5.31. The van der Waals surface area contributed by atoms with Gasteiger partial charge in [-0.2, -0.15) is 18.2 Å². The number of aromatic nitrogens is 4. The van der Waals surface area contributed by atoms with E-state index in [0.717, 1.165) is 4.57 Å². The molecule has 0 aromatic carbocycles. The molecule has 0 atom stereocenters. The minimum absolute atomic E-state index is 0.352. The predicted molar refractivity (Wildman–Crippen MR) is 60.7 cm³/mol. The van der Waals surface area contributed by atoms with Gasteiger partial charge in [-0.25, -0.2) is 0 Å². The first kappa shape index (κ1) is 13.8. The van der Waals surface area contributed by atoms with Gasteiger partial charge in [0.2, 0.25) is 17.7 Å². The van der Waals surface area contributed by atoms with E-state index in [2.05, 4.69) is 15.4 Å². The molecular weight excluding hydrogens is 279 g/mol. The fourth-order valence-corrected chi connectivity index (χ4v) is 1.35. The first-order chi connectivity index (χ1) is 9.36. The minimum atomic E-state index is -4.67. The van der Waals surface area contributed by atoms with Crippen molar-refractivity contribution in [1.82, 2.24) is 19.7 Å². The van der Waals surface area contributed by atoms with Crippen LogP contribution in [0.25, 0.3) is 0 Å². The zero-order valence-corrected chi connectivity index (χ0v) is 9.81. The molecule has 0 fully saturated rings. The van der Waals surface area contributed by atoms with Crippen molar-refractivity contribution in [2.75, 3.05) is 5.32 Å². The van der Waals surface area contributed by atoms with Gasteiger partial charge in [0, 0.05) is 12.3 Å². The number of hydrogen-bond acceptors (Lipinski definition) is 4. The third-order valence-electron chi connectivity index (χ3n) is 2.22. The van der Waals surface area contributed by atoms with Gasteiger partial charge in [0.05, 0.1) is 0 Å². The number of alkyl halides is 3. The summed E-state index contributed by atoms with van der Waals surface area (Å²) < 4.78 is 37.8. The van der Waals surface area contributed by atoms with Gasteiger partial charge in [0.1, 0.15) is 6.54 Å². The van der Waals surface area contributed by atoms with Gasteiger partial charge in [-0.15, -0.1) is 5.10 Å². The molecule has 2 N–H and O–H groups in total. The van der Waals surface area contributed by atoms with Crippen molar-refractivity contribution in [1.29, 1.82) is 0 Å². The standard InChI is InChI=1S/C10H8F3N5O2/c11-10(12,13)8-15-9(17-16-8)14-6(19)5-18-4-2-1-3-7(18)20/h1-4H,5H2,(H2,14,15,16,17,19). The van der Waals surface area contributed by atoms with E-state index in [4.69, 9.17) is 0 Å². The first-order valence-electron chi connectivity index (χ1n) is 5.31. The van der Waals surface area contributed by atoms with Crippen molar-refractivity contribution in [2.24, 2.45) is 0 Å². The summed E-state index contributed by atoms with van der Waals surface area (Å²) in [5.41, 5.74) is -0.409. The van der Waals surface area contributed by atoms with Gasteiger partial charge in [-0.05, 0) is 6.07 Å². The van der Waals surface area contributed by atoms with Crippen molar-refractivity contribution >= 4 is 11.9 Å². The Balaban J connectivity index is 2.04. The topological polar surface area (TPSA) is 92.7 Å². The molecule has 10 heteroatoms. The number of aromatic amines is 1. The smallest absolute Gasteiger partial charge is 0.306 e. The van der Waals surface area contributed by atoms with Crippen LogP contribution in [0.15, 0.2) is 29.2 Å². The summed E-state index contributed by atoms with van der Waals surface area (Å²) in [5, 5.41) is 6.93. The second-order valence-electron chi connectivity index (χ2n) is 3.72. The van der Waals surface area contributed by atoms with Crippen LogP contribution >= 0.6 is 0 Å². The van der Waals surface area contributed by atoms with Crippen molar-refractivity contribution in [2.45, 2.75) is 12.7 Å². The van der Waals surface area contributed by atoms with Crippen LogP contribution in [0.3, 0.4) is 0 Å². The van der Waals surface area contributed by atoms with E-state index in [-0.39, 0.29) is 6.54 Å². The molecule has 0 aliphatic rings. The number of rotatable bonds is 3. The quantitative estimate of drug-likeness (QED) is 0.865. The second-order valence-corrected chi connectivity index (χ2v) is 3.72. The van der Waals surface area contributed by atoms with Gasteiger partial charge in [0.15, 0.2) is 0 Å². The summed E-state index contributed by atoms with van der Waals surface area (Å²) in [4.78, 5) is 26.0. The Hall–Kier alpha value is -2.65. The highest BCUT2D eigenvalue weighted by Gasteiger charge is 2.35. The molecule has 2 heterocycles. The van der Waals surface area contributed by atoms with E-state index in [1.807, 2.05) is 0 Å². The Morgan fingerprint density at radius 1 is 1.40 bits per heavy atom. The molecule has 0 bridgehead atoms. The zero-order valence-electron chi connectivity index (χ0n) is 9.81. The molecule has 0 aliphatic carbocycles. The highest BCUT2D eigenvalue weighted by Crippen LogP contribution is 2.26. The number of anilines is 1. The number of halogens is 3. The van der Waals surface area contributed by atoms with Crippen LogP contribution in [0.5, 0.6) is 0 Å². The summed E-state index contributed by atoms with van der Waals surface area (Å²) in [5.74, 6) is -2.54. The van der Waals surface area contributed by atoms with Crippen LogP contribution in [-0.2, 0) is 17.5 Å². The molecule has 0 aliphatic heterocycles. The number of nitrogens with zero attached hydrogens (tertiary/aromatic N) is 3. The molecule has 1 amide bonds.